The highest BCUT2D eigenvalue weighted by atomic mass is 32.2. The monoisotopic (exact) mass is 392 g/mol. The Labute approximate surface area is 157 Å². The molecule has 2 aromatic rings. The van der Waals surface area contributed by atoms with Crippen molar-refractivity contribution in [2.75, 3.05) is 31.8 Å². The molecule has 0 fully saturated rings. The van der Waals surface area contributed by atoms with Gasteiger partial charge in [-0.3, -0.25) is 9.52 Å². The molecule has 3 rings (SSSR count). The number of sulfonamides is 1. The summed E-state index contributed by atoms with van der Waals surface area (Å²) < 4.78 is 43.1. The summed E-state index contributed by atoms with van der Waals surface area (Å²) >= 11 is 0. The van der Waals surface area contributed by atoms with Crippen LogP contribution < -0.4 is 19.5 Å². The number of anilines is 1. The van der Waals surface area contributed by atoms with Crippen LogP contribution in [0.3, 0.4) is 0 Å². The average molecular weight is 392 g/mol. The fourth-order valence-electron chi connectivity index (χ4n) is 2.50. The minimum Gasteiger partial charge on any atom is -0.454 e. The molecule has 1 aliphatic rings. The molecular formula is C18H20N2O6S. The van der Waals surface area contributed by atoms with E-state index < -0.39 is 10.0 Å². The standard InChI is InChI=1S/C18H20N2O6S/c1-24-9-3-8-19-18(21)13-4-2-5-15(10-13)27(22,23)20-14-6-7-16-17(11-14)26-12-25-16/h2,4-7,10-11,20H,3,8-9,12H2,1H3,(H,19,21). The summed E-state index contributed by atoms with van der Waals surface area (Å²) in [5, 5.41) is 2.73. The molecule has 27 heavy (non-hydrogen) atoms. The van der Waals surface area contributed by atoms with Gasteiger partial charge >= 0.3 is 0 Å². The van der Waals surface area contributed by atoms with Crippen molar-refractivity contribution in [3.8, 4) is 11.5 Å². The molecule has 9 heteroatoms. The minimum absolute atomic E-state index is 0.00953. The first-order valence-electron chi connectivity index (χ1n) is 8.29. The highest BCUT2D eigenvalue weighted by Crippen LogP contribution is 2.34. The van der Waals surface area contributed by atoms with Crippen molar-refractivity contribution in [3.63, 3.8) is 0 Å². The van der Waals surface area contributed by atoms with E-state index in [1.807, 2.05) is 0 Å². The number of nitrogens with one attached hydrogen (secondary N) is 2. The number of ether oxygens (including phenoxy) is 3. The predicted octanol–water partition coefficient (Wildman–Crippen LogP) is 1.98. The third kappa shape index (κ3) is 4.69. The molecule has 0 bridgehead atoms. The number of rotatable bonds is 8. The molecule has 0 radical (unpaired) electrons. The molecule has 1 heterocycles. The molecular weight excluding hydrogens is 372 g/mol. The van der Waals surface area contributed by atoms with E-state index in [9.17, 15) is 13.2 Å². The fourth-order valence-corrected chi connectivity index (χ4v) is 3.59. The number of benzene rings is 2. The fraction of sp³-hybridized carbons (Fsp3) is 0.278. The number of hydrogen-bond donors (Lipinski definition) is 2. The molecule has 1 amide bonds. The lowest BCUT2D eigenvalue weighted by atomic mass is 10.2. The van der Waals surface area contributed by atoms with E-state index in [-0.39, 0.29) is 23.2 Å². The SMILES string of the molecule is COCCCNC(=O)c1cccc(S(=O)(=O)Nc2ccc3c(c2)OCO3)c1. The molecule has 0 aromatic heterocycles. The second-order valence-electron chi connectivity index (χ2n) is 5.80. The first kappa shape index (κ1) is 19.0. The zero-order valence-electron chi connectivity index (χ0n) is 14.7. The summed E-state index contributed by atoms with van der Waals surface area (Å²) in [4.78, 5) is 12.2. The number of carbonyl (C=O) groups excluding carboxylic acids is 1. The number of fused-ring (bicyclic) bond motifs is 1. The Kier molecular flexibility index (Phi) is 5.82. The topological polar surface area (TPSA) is 103 Å². The number of methoxy groups -OCH3 is 1. The lowest BCUT2D eigenvalue weighted by Gasteiger charge is -2.10. The van der Waals surface area contributed by atoms with Crippen molar-refractivity contribution < 1.29 is 27.4 Å². The zero-order chi connectivity index (χ0) is 19.3. The quantitative estimate of drug-likeness (QED) is 0.666. The predicted molar refractivity (Wildman–Crippen MR) is 98.6 cm³/mol. The van der Waals surface area contributed by atoms with Gasteiger partial charge in [-0.25, -0.2) is 8.42 Å². The number of hydrogen-bond acceptors (Lipinski definition) is 6. The Morgan fingerprint density at radius 2 is 1.96 bits per heavy atom. The van der Waals surface area contributed by atoms with E-state index in [1.165, 1.54) is 18.2 Å². The van der Waals surface area contributed by atoms with Crippen LogP contribution in [0.4, 0.5) is 5.69 Å². The molecule has 0 saturated heterocycles. The van der Waals surface area contributed by atoms with Gasteiger partial charge in [0.2, 0.25) is 6.79 Å². The van der Waals surface area contributed by atoms with Crippen molar-refractivity contribution in [1.29, 1.82) is 0 Å². The number of carbonyl (C=O) groups is 1. The Bertz CT molecular complexity index is 929. The Hall–Kier alpha value is -2.78. The minimum atomic E-state index is -3.86. The van der Waals surface area contributed by atoms with Gasteiger partial charge in [-0.1, -0.05) is 6.07 Å². The van der Waals surface area contributed by atoms with Gasteiger partial charge in [0.25, 0.3) is 15.9 Å². The summed E-state index contributed by atoms with van der Waals surface area (Å²) in [6.07, 6.45) is 0.673. The van der Waals surface area contributed by atoms with Crippen LogP contribution in [-0.4, -0.2) is 41.4 Å². The average Bonchev–Trinajstić information content (AvgIpc) is 3.12. The molecule has 0 spiro atoms. The smallest absolute Gasteiger partial charge is 0.261 e. The molecule has 0 aliphatic carbocycles. The van der Waals surface area contributed by atoms with Crippen LogP contribution in [0.2, 0.25) is 0 Å². The molecule has 0 saturated carbocycles. The number of amides is 1. The lowest BCUT2D eigenvalue weighted by molar-refractivity contribution is 0.0948. The van der Waals surface area contributed by atoms with Gasteiger partial charge in [0.15, 0.2) is 11.5 Å². The van der Waals surface area contributed by atoms with Crippen molar-refractivity contribution in [3.05, 3.63) is 48.0 Å². The van der Waals surface area contributed by atoms with Gasteiger partial charge < -0.3 is 19.5 Å². The maximum Gasteiger partial charge on any atom is 0.261 e. The Balaban J connectivity index is 1.72. The maximum absolute atomic E-state index is 12.6. The van der Waals surface area contributed by atoms with E-state index in [2.05, 4.69) is 10.0 Å². The molecule has 0 atom stereocenters. The van der Waals surface area contributed by atoms with Crippen LogP contribution in [0.15, 0.2) is 47.4 Å². The first-order chi connectivity index (χ1) is 13.0. The van der Waals surface area contributed by atoms with Gasteiger partial charge in [-0.2, -0.15) is 0 Å². The highest BCUT2D eigenvalue weighted by molar-refractivity contribution is 7.92. The highest BCUT2D eigenvalue weighted by Gasteiger charge is 2.19. The van der Waals surface area contributed by atoms with Crippen molar-refractivity contribution >= 4 is 21.6 Å². The van der Waals surface area contributed by atoms with E-state index in [4.69, 9.17) is 14.2 Å². The maximum atomic E-state index is 12.6. The normalized spacial score (nSPS) is 12.6. The van der Waals surface area contributed by atoms with Crippen LogP contribution in [0.25, 0.3) is 0 Å². The van der Waals surface area contributed by atoms with Crippen molar-refractivity contribution in [2.45, 2.75) is 11.3 Å². The van der Waals surface area contributed by atoms with Crippen LogP contribution in [0.1, 0.15) is 16.8 Å². The van der Waals surface area contributed by atoms with E-state index >= 15 is 0 Å². The summed E-state index contributed by atoms with van der Waals surface area (Å²) in [6, 6.07) is 10.6. The van der Waals surface area contributed by atoms with Gasteiger partial charge in [0.1, 0.15) is 0 Å². The third-order valence-corrected chi connectivity index (χ3v) is 5.22. The van der Waals surface area contributed by atoms with Crippen molar-refractivity contribution in [1.82, 2.24) is 5.32 Å². The Morgan fingerprint density at radius 3 is 2.78 bits per heavy atom. The molecule has 2 N–H and O–H groups in total. The summed E-state index contributed by atoms with van der Waals surface area (Å²) in [5.41, 5.74) is 0.606. The van der Waals surface area contributed by atoms with Gasteiger partial charge in [-0.15, -0.1) is 0 Å². The van der Waals surface area contributed by atoms with Crippen molar-refractivity contribution in [2.24, 2.45) is 0 Å². The molecule has 0 unspecified atom stereocenters. The van der Waals surface area contributed by atoms with E-state index in [0.717, 1.165) is 0 Å². The van der Waals surface area contributed by atoms with Gasteiger partial charge in [0.05, 0.1) is 10.6 Å². The molecule has 1 aliphatic heterocycles. The summed E-state index contributed by atoms with van der Waals surface area (Å²) in [5.74, 6) is 0.690. The Morgan fingerprint density at radius 1 is 1.15 bits per heavy atom. The second-order valence-corrected chi connectivity index (χ2v) is 7.49. The van der Waals surface area contributed by atoms with Gasteiger partial charge in [-0.05, 0) is 36.8 Å². The summed E-state index contributed by atoms with van der Waals surface area (Å²) in [7, 11) is -2.28. The largest absolute Gasteiger partial charge is 0.454 e. The van der Waals surface area contributed by atoms with Crippen LogP contribution in [0, 0.1) is 0 Å². The lowest BCUT2D eigenvalue weighted by Crippen LogP contribution is -2.25. The van der Waals surface area contributed by atoms with E-state index in [0.29, 0.717) is 36.8 Å². The zero-order valence-corrected chi connectivity index (χ0v) is 15.5. The third-order valence-electron chi connectivity index (χ3n) is 3.84. The van der Waals surface area contributed by atoms with Crippen LogP contribution >= 0.6 is 0 Å². The van der Waals surface area contributed by atoms with E-state index in [1.54, 1.807) is 31.4 Å². The van der Waals surface area contributed by atoms with Crippen LogP contribution in [0.5, 0.6) is 11.5 Å². The molecule has 144 valence electrons. The first-order valence-corrected chi connectivity index (χ1v) is 9.77. The molecule has 2 aromatic carbocycles. The second kappa shape index (κ2) is 8.28. The van der Waals surface area contributed by atoms with Crippen LogP contribution in [-0.2, 0) is 14.8 Å². The van der Waals surface area contributed by atoms with Gasteiger partial charge in [0, 0.05) is 31.9 Å². The molecule has 8 nitrogen and oxygen atoms in total. The summed E-state index contributed by atoms with van der Waals surface area (Å²) in [6.45, 7) is 1.08.